The predicted octanol–water partition coefficient (Wildman–Crippen LogP) is 1.92. The van der Waals surface area contributed by atoms with E-state index in [0.29, 0.717) is 6.04 Å². The van der Waals surface area contributed by atoms with Crippen molar-refractivity contribution in [2.75, 3.05) is 13.1 Å². The van der Waals surface area contributed by atoms with Gasteiger partial charge in [-0.05, 0) is 43.6 Å². The second-order valence-corrected chi connectivity index (χ2v) is 5.95. The van der Waals surface area contributed by atoms with Crippen LogP contribution in [0.25, 0.3) is 0 Å². The molecule has 4 heteroatoms. The number of rotatable bonds is 3. The van der Waals surface area contributed by atoms with Gasteiger partial charge in [0.1, 0.15) is 0 Å². The molecule has 0 bridgehead atoms. The van der Waals surface area contributed by atoms with E-state index in [-0.39, 0.29) is 0 Å². The maximum atomic E-state index is 5.62. The minimum absolute atomic E-state index is 0.517. The van der Waals surface area contributed by atoms with E-state index in [0.717, 1.165) is 25.0 Å². The van der Waals surface area contributed by atoms with Gasteiger partial charge in [0.15, 0.2) is 0 Å². The standard InChI is InChI=1S/C16H24N4/c17-19-16(18-15-6-7-15)20-10-8-14(9-11-20)12-13-4-2-1-3-5-13/h1-5,14-15H,6-12,17H2,(H,18,19). The number of aliphatic imine (C=N–C) groups is 1. The Morgan fingerprint density at radius 2 is 1.85 bits per heavy atom. The van der Waals surface area contributed by atoms with Crippen LogP contribution in [-0.2, 0) is 6.42 Å². The first-order valence-electron chi connectivity index (χ1n) is 7.68. The van der Waals surface area contributed by atoms with Crippen LogP contribution in [-0.4, -0.2) is 30.0 Å². The van der Waals surface area contributed by atoms with Crippen molar-refractivity contribution in [2.45, 2.75) is 38.1 Å². The van der Waals surface area contributed by atoms with Gasteiger partial charge in [0.25, 0.3) is 0 Å². The first-order valence-corrected chi connectivity index (χ1v) is 7.68. The average molecular weight is 272 g/mol. The molecule has 0 aromatic heterocycles. The zero-order valence-electron chi connectivity index (χ0n) is 12.0. The predicted molar refractivity (Wildman–Crippen MR) is 82.2 cm³/mol. The van der Waals surface area contributed by atoms with E-state index in [1.165, 1.54) is 37.7 Å². The molecule has 1 saturated heterocycles. The Kier molecular flexibility index (Phi) is 4.21. The van der Waals surface area contributed by atoms with Crippen LogP contribution in [0.15, 0.2) is 35.3 Å². The molecule has 3 rings (SSSR count). The molecule has 1 aliphatic carbocycles. The molecule has 3 N–H and O–H groups in total. The number of nitrogens with two attached hydrogens (primary N) is 1. The molecule has 0 radical (unpaired) electrons. The summed E-state index contributed by atoms with van der Waals surface area (Å²) >= 11 is 0. The molecule has 20 heavy (non-hydrogen) atoms. The van der Waals surface area contributed by atoms with Crippen molar-refractivity contribution in [3.8, 4) is 0 Å². The molecule has 4 nitrogen and oxygen atoms in total. The molecule has 1 heterocycles. The lowest BCUT2D eigenvalue weighted by Gasteiger charge is -2.33. The second-order valence-electron chi connectivity index (χ2n) is 5.95. The van der Waals surface area contributed by atoms with Crippen molar-refractivity contribution >= 4 is 5.96 Å². The van der Waals surface area contributed by atoms with Gasteiger partial charge in [-0.25, -0.2) is 10.8 Å². The van der Waals surface area contributed by atoms with Gasteiger partial charge < -0.3 is 4.90 Å². The summed E-state index contributed by atoms with van der Waals surface area (Å²) in [6, 6.07) is 11.3. The number of nitrogens with one attached hydrogen (secondary N) is 1. The molecule has 0 amide bonds. The van der Waals surface area contributed by atoms with Gasteiger partial charge >= 0.3 is 0 Å². The van der Waals surface area contributed by atoms with Crippen molar-refractivity contribution in [3.05, 3.63) is 35.9 Å². The Bertz CT molecular complexity index is 445. The second kappa shape index (κ2) is 6.27. The van der Waals surface area contributed by atoms with Crippen molar-refractivity contribution in [3.63, 3.8) is 0 Å². The van der Waals surface area contributed by atoms with Crippen LogP contribution in [0, 0.1) is 5.92 Å². The fraction of sp³-hybridized carbons (Fsp3) is 0.562. The summed E-state index contributed by atoms with van der Waals surface area (Å²) in [5, 5.41) is 0. The number of likely N-dealkylation sites (tertiary alicyclic amines) is 1. The van der Waals surface area contributed by atoms with E-state index in [2.05, 4.69) is 45.6 Å². The summed E-state index contributed by atoms with van der Waals surface area (Å²) in [5.74, 6) is 7.30. The molecule has 1 aromatic carbocycles. The highest BCUT2D eigenvalue weighted by molar-refractivity contribution is 5.79. The Balaban J connectivity index is 1.51. The summed E-state index contributed by atoms with van der Waals surface area (Å²) < 4.78 is 0. The zero-order valence-corrected chi connectivity index (χ0v) is 12.0. The minimum atomic E-state index is 0.517. The number of hydrogen-bond donors (Lipinski definition) is 2. The number of nitrogens with zero attached hydrogens (tertiary/aromatic N) is 2. The van der Waals surface area contributed by atoms with Crippen LogP contribution in [0.3, 0.4) is 0 Å². The zero-order chi connectivity index (χ0) is 13.8. The lowest BCUT2D eigenvalue weighted by Crippen LogP contribution is -2.48. The third-order valence-electron chi connectivity index (χ3n) is 4.26. The highest BCUT2D eigenvalue weighted by Gasteiger charge is 2.25. The normalized spacial score (nSPS) is 21.1. The largest absolute Gasteiger partial charge is 0.342 e. The maximum Gasteiger partial charge on any atom is 0.208 e. The van der Waals surface area contributed by atoms with E-state index in [9.17, 15) is 0 Å². The van der Waals surface area contributed by atoms with Gasteiger partial charge in [-0.3, -0.25) is 5.43 Å². The molecule has 0 unspecified atom stereocenters. The molecule has 1 aliphatic heterocycles. The van der Waals surface area contributed by atoms with Crippen LogP contribution < -0.4 is 11.3 Å². The van der Waals surface area contributed by atoms with E-state index in [1.54, 1.807) is 0 Å². The number of hydrogen-bond acceptors (Lipinski definition) is 2. The summed E-state index contributed by atoms with van der Waals surface area (Å²) in [6.07, 6.45) is 6.08. The molecule has 1 saturated carbocycles. The third kappa shape index (κ3) is 3.51. The van der Waals surface area contributed by atoms with E-state index in [4.69, 9.17) is 5.84 Å². The molecule has 0 atom stereocenters. The van der Waals surface area contributed by atoms with Crippen molar-refractivity contribution in [2.24, 2.45) is 16.8 Å². The Morgan fingerprint density at radius 1 is 1.15 bits per heavy atom. The van der Waals surface area contributed by atoms with E-state index < -0.39 is 0 Å². The molecular weight excluding hydrogens is 248 g/mol. The van der Waals surface area contributed by atoms with Crippen LogP contribution in [0.5, 0.6) is 0 Å². The highest BCUT2D eigenvalue weighted by atomic mass is 15.4. The first-order chi connectivity index (χ1) is 9.85. The molecule has 1 aromatic rings. The van der Waals surface area contributed by atoms with E-state index in [1.807, 2.05) is 0 Å². The fourth-order valence-electron chi connectivity index (χ4n) is 2.88. The number of guanidine groups is 1. The average Bonchev–Trinajstić information content (AvgIpc) is 3.31. The number of hydrazine groups is 1. The summed E-state index contributed by atoms with van der Waals surface area (Å²) in [4.78, 5) is 6.95. The van der Waals surface area contributed by atoms with Crippen molar-refractivity contribution in [1.82, 2.24) is 10.3 Å². The van der Waals surface area contributed by atoms with Crippen LogP contribution in [0.2, 0.25) is 0 Å². The van der Waals surface area contributed by atoms with Crippen LogP contribution in [0.4, 0.5) is 0 Å². The van der Waals surface area contributed by atoms with Gasteiger partial charge in [0.2, 0.25) is 5.96 Å². The van der Waals surface area contributed by atoms with Gasteiger partial charge in [-0.15, -0.1) is 0 Å². The Morgan fingerprint density at radius 3 is 2.45 bits per heavy atom. The first kappa shape index (κ1) is 13.4. The maximum absolute atomic E-state index is 5.62. The Hall–Kier alpha value is -1.55. The van der Waals surface area contributed by atoms with Gasteiger partial charge in [0.05, 0.1) is 6.04 Å². The lowest BCUT2D eigenvalue weighted by molar-refractivity contribution is 0.259. The van der Waals surface area contributed by atoms with Gasteiger partial charge in [0, 0.05) is 13.1 Å². The smallest absolute Gasteiger partial charge is 0.208 e. The topological polar surface area (TPSA) is 53.6 Å². The van der Waals surface area contributed by atoms with Crippen molar-refractivity contribution < 1.29 is 0 Å². The lowest BCUT2D eigenvalue weighted by atomic mass is 9.90. The van der Waals surface area contributed by atoms with Crippen LogP contribution >= 0.6 is 0 Å². The summed E-state index contributed by atoms with van der Waals surface area (Å²) in [6.45, 7) is 2.13. The molecule has 0 spiro atoms. The molecule has 2 fully saturated rings. The molecule has 2 aliphatic rings. The van der Waals surface area contributed by atoms with Crippen molar-refractivity contribution in [1.29, 1.82) is 0 Å². The molecule has 108 valence electrons. The quantitative estimate of drug-likeness (QED) is 0.382. The third-order valence-corrected chi connectivity index (χ3v) is 4.26. The van der Waals surface area contributed by atoms with Gasteiger partial charge in [-0.1, -0.05) is 30.3 Å². The summed E-state index contributed by atoms with van der Waals surface area (Å²) in [5.41, 5.74) is 4.24. The Labute approximate surface area is 121 Å². The SMILES string of the molecule is NNC(=NC1CC1)N1CCC(Cc2ccccc2)CC1. The number of piperidine rings is 1. The summed E-state index contributed by atoms with van der Waals surface area (Å²) in [7, 11) is 0. The highest BCUT2D eigenvalue weighted by Crippen LogP contribution is 2.25. The molecular formula is C16H24N4. The monoisotopic (exact) mass is 272 g/mol. The van der Waals surface area contributed by atoms with E-state index >= 15 is 0 Å². The minimum Gasteiger partial charge on any atom is -0.342 e. The number of benzene rings is 1. The fourth-order valence-corrected chi connectivity index (χ4v) is 2.88. The van der Waals surface area contributed by atoms with Crippen LogP contribution in [0.1, 0.15) is 31.2 Å². The van der Waals surface area contributed by atoms with Gasteiger partial charge in [-0.2, -0.15) is 0 Å².